The van der Waals surface area contributed by atoms with Crippen molar-refractivity contribution < 1.29 is 73.1 Å². The van der Waals surface area contributed by atoms with Crippen LogP contribution in [-0.4, -0.2) is 129 Å². The van der Waals surface area contributed by atoms with E-state index in [9.17, 15) is 68.2 Å². The van der Waals surface area contributed by atoms with Crippen molar-refractivity contribution in [1.82, 2.24) is 25.2 Å². The average molecular weight is 788 g/mol. The number of nitrogens with zero attached hydrogens (tertiary/aromatic N) is 1. The van der Waals surface area contributed by atoms with Crippen molar-refractivity contribution in [3.05, 3.63) is 55.3 Å². The number of hydrogen-bond acceptors (Lipinski definition) is 15. The van der Waals surface area contributed by atoms with Crippen molar-refractivity contribution in [3.63, 3.8) is 0 Å². The summed E-state index contributed by atoms with van der Waals surface area (Å²) in [5.41, 5.74) is -1.86. The van der Waals surface area contributed by atoms with E-state index in [0.717, 1.165) is 17.6 Å². The second kappa shape index (κ2) is 18.8. The fourth-order valence-electron chi connectivity index (χ4n) is 5.03. The van der Waals surface area contributed by atoms with Crippen LogP contribution in [0.5, 0.6) is 0 Å². The number of carboxylic acids is 3. The van der Waals surface area contributed by atoms with Crippen LogP contribution >= 0.6 is 7.82 Å². The first kappa shape index (κ1) is 43.3. The van der Waals surface area contributed by atoms with E-state index in [1.807, 2.05) is 4.98 Å². The van der Waals surface area contributed by atoms with Crippen LogP contribution in [0.1, 0.15) is 32.6 Å². The standard InChI is InChI=1S/C30H38N5O18P/c1-13(20(37)10-31-17(28(45)46)4-6-23(40)32-18(29(47)48)5-7-24(41)42)53-54(50,51)52-12-22(39)25(43)21(38)11-35-19-9-15(36)3-2-14(19)8-16-26(35)33-30(49)34-27(16)44/h2-3,8-9,13,17-18,21-22,25,31,38-39,43H,4-7,10-12H2,1H3,(H,32,40)(H,41,42)(H,45,46)(H,47,48)(H,50,51)(H2,33,34,44,49). The summed E-state index contributed by atoms with van der Waals surface area (Å²) in [6.45, 7) is -1.53. The van der Waals surface area contributed by atoms with Crippen molar-refractivity contribution in [2.24, 2.45) is 0 Å². The fraction of sp³-hybridized carbons (Fsp3) is 0.467. The zero-order valence-corrected chi connectivity index (χ0v) is 29.1. The quantitative estimate of drug-likeness (QED) is 0.0355. The number of aromatic nitrogens is 3. The van der Waals surface area contributed by atoms with Gasteiger partial charge in [0.05, 0.1) is 30.8 Å². The summed E-state index contributed by atoms with van der Waals surface area (Å²) in [4.78, 5) is 109. The van der Waals surface area contributed by atoms with Gasteiger partial charge in [0.1, 0.15) is 42.1 Å². The molecular formula is C30H38N5O18P. The highest BCUT2D eigenvalue weighted by molar-refractivity contribution is 7.47. The number of ketones is 1. The van der Waals surface area contributed by atoms with Gasteiger partial charge in [0, 0.05) is 18.9 Å². The first-order valence-corrected chi connectivity index (χ1v) is 17.4. The first-order chi connectivity index (χ1) is 25.2. The number of aliphatic hydroxyl groups is 3. The van der Waals surface area contributed by atoms with Gasteiger partial charge in [-0.05, 0) is 43.5 Å². The molecule has 7 atom stereocenters. The number of aliphatic hydroxyl groups excluding tert-OH is 3. The van der Waals surface area contributed by atoms with Crippen molar-refractivity contribution in [2.75, 3.05) is 13.2 Å². The summed E-state index contributed by atoms with van der Waals surface area (Å²) in [7, 11) is -5.17. The molecule has 0 radical (unpaired) electrons. The number of fused-ring (bicyclic) bond motifs is 2. The molecule has 54 heavy (non-hydrogen) atoms. The van der Waals surface area contributed by atoms with Crippen LogP contribution in [0.4, 0.5) is 0 Å². The number of amides is 1. The Labute approximate surface area is 302 Å². The molecular weight excluding hydrogens is 749 g/mol. The fourth-order valence-corrected chi connectivity index (χ4v) is 5.95. The molecule has 24 heteroatoms. The van der Waals surface area contributed by atoms with Gasteiger partial charge in [0.15, 0.2) is 11.2 Å². The molecule has 7 unspecified atom stereocenters. The minimum atomic E-state index is -5.17. The highest BCUT2D eigenvalue weighted by Gasteiger charge is 2.33. The van der Waals surface area contributed by atoms with Gasteiger partial charge >= 0.3 is 31.4 Å². The van der Waals surface area contributed by atoms with Crippen molar-refractivity contribution in [1.29, 1.82) is 0 Å². The molecule has 23 nitrogen and oxygen atoms in total. The summed E-state index contributed by atoms with van der Waals surface area (Å²) in [6.07, 6.45) is -9.79. The largest absolute Gasteiger partial charge is 0.481 e. The maximum absolute atomic E-state index is 12.5. The molecule has 1 aliphatic heterocycles. The number of H-pyrrole nitrogens is 2. The number of nitrogens with one attached hydrogen (secondary N) is 4. The number of carbonyl (C=O) groups excluding carboxylic acids is 2. The Morgan fingerprint density at radius 3 is 2.19 bits per heavy atom. The van der Waals surface area contributed by atoms with Crippen molar-refractivity contribution in [2.45, 2.75) is 75.7 Å². The topological polar surface area (TPSA) is 374 Å². The van der Waals surface area contributed by atoms with Crippen LogP contribution < -0.4 is 27.3 Å². The molecule has 1 aliphatic carbocycles. The second-order valence-corrected chi connectivity index (χ2v) is 13.4. The van der Waals surface area contributed by atoms with Crippen molar-refractivity contribution >= 4 is 48.5 Å². The van der Waals surface area contributed by atoms with Crippen LogP contribution in [0.3, 0.4) is 0 Å². The SMILES string of the molecule is CC(OP(=O)(O)OCC(O)C(O)C(O)Cn1c2cc(=O)ccc-2cc2c(=O)[nH]c(=O)[nH]c21)C(=O)CNC(CCC(=O)NC(CCC(=O)O)C(=O)O)C(=O)O. The number of rotatable bonds is 22. The van der Waals surface area contributed by atoms with Gasteiger partial charge in [-0.25, -0.2) is 14.2 Å². The minimum Gasteiger partial charge on any atom is -0.481 e. The van der Waals surface area contributed by atoms with Gasteiger partial charge in [0.2, 0.25) is 5.91 Å². The van der Waals surface area contributed by atoms with E-state index in [-0.39, 0.29) is 16.7 Å². The van der Waals surface area contributed by atoms with Crippen molar-refractivity contribution in [3.8, 4) is 11.3 Å². The van der Waals surface area contributed by atoms with Gasteiger partial charge in [-0.3, -0.25) is 53.1 Å². The first-order valence-electron chi connectivity index (χ1n) is 15.9. The summed E-state index contributed by atoms with van der Waals surface area (Å²) >= 11 is 0. The lowest BCUT2D eigenvalue weighted by molar-refractivity contribution is -0.144. The lowest BCUT2D eigenvalue weighted by Crippen LogP contribution is -2.44. The summed E-state index contributed by atoms with van der Waals surface area (Å²) in [6, 6.07) is 2.02. The molecule has 0 saturated carbocycles. The minimum absolute atomic E-state index is 0.0492. The Morgan fingerprint density at radius 2 is 1.56 bits per heavy atom. The maximum atomic E-state index is 12.5. The zero-order chi connectivity index (χ0) is 40.5. The number of phosphoric acid groups is 1. The average Bonchev–Trinajstić information content (AvgIpc) is 3.08. The number of aliphatic carboxylic acids is 3. The monoisotopic (exact) mass is 787 g/mol. The predicted molar refractivity (Wildman–Crippen MR) is 181 cm³/mol. The van der Waals surface area contributed by atoms with Crippen LogP contribution in [0.25, 0.3) is 22.3 Å². The predicted octanol–water partition coefficient (Wildman–Crippen LogP) is -3.09. The summed E-state index contributed by atoms with van der Waals surface area (Å²) in [5.74, 6) is -6.20. The van der Waals surface area contributed by atoms with E-state index in [1.54, 1.807) is 0 Å². The van der Waals surface area contributed by atoms with E-state index in [0.29, 0.717) is 5.56 Å². The molecule has 1 aromatic heterocycles. The second-order valence-electron chi connectivity index (χ2n) is 12.0. The summed E-state index contributed by atoms with van der Waals surface area (Å²) < 4.78 is 23.1. The van der Waals surface area contributed by atoms with E-state index in [1.165, 1.54) is 18.2 Å². The third-order valence-corrected chi connectivity index (χ3v) is 8.95. The molecule has 0 fully saturated rings. The molecule has 0 aromatic carbocycles. The third-order valence-electron chi connectivity index (χ3n) is 7.89. The number of pyridine rings is 1. The van der Waals surface area contributed by atoms with Crippen LogP contribution in [0.15, 0.2) is 38.6 Å². The number of carboxylic acid groups (broad SMARTS) is 3. The Balaban J connectivity index is 1.55. The third kappa shape index (κ3) is 12.2. The molecule has 11 N–H and O–H groups in total. The van der Waals surface area contributed by atoms with E-state index >= 15 is 0 Å². The summed E-state index contributed by atoms with van der Waals surface area (Å²) in [5, 5.41) is 63.4. The lowest BCUT2D eigenvalue weighted by atomic mass is 10.0. The molecule has 1 amide bonds. The van der Waals surface area contributed by atoms with Gasteiger partial charge in [-0.2, -0.15) is 0 Å². The highest BCUT2D eigenvalue weighted by atomic mass is 31.2. The number of phosphoric ester groups is 1. The highest BCUT2D eigenvalue weighted by Crippen LogP contribution is 2.44. The Morgan fingerprint density at radius 1 is 0.907 bits per heavy atom. The van der Waals surface area contributed by atoms with Gasteiger partial charge < -0.3 is 45.4 Å². The van der Waals surface area contributed by atoms with Crippen LogP contribution in [0, 0.1) is 0 Å². The lowest BCUT2D eigenvalue weighted by Gasteiger charge is -2.26. The Kier molecular flexibility index (Phi) is 15.0. The smallest absolute Gasteiger partial charge is 0.472 e. The Bertz CT molecular complexity index is 2060. The molecule has 1 aromatic rings. The van der Waals surface area contributed by atoms with E-state index < -0.39 is 136 Å². The molecule has 0 saturated heterocycles. The van der Waals surface area contributed by atoms with E-state index in [4.69, 9.17) is 14.7 Å². The molecule has 296 valence electrons. The normalized spacial score (nSPS) is 16.1. The number of Topliss-reactive ketones (excluding diaryl/α,β-unsaturated/α-hetero) is 1. The van der Waals surface area contributed by atoms with Gasteiger partial charge in [-0.15, -0.1) is 0 Å². The molecule has 0 bridgehead atoms. The Hall–Kier alpha value is -5.13. The molecule has 3 rings (SSSR count). The van der Waals surface area contributed by atoms with Gasteiger partial charge in [0.25, 0.3) is 5.56 Å². The van der Waals surface area contributed by atoms with E-state index in [2.05, 4.69) is 20.1 Å². The van der Waals surface area contributed by atoms with Crippen LogP contribution in [0.2, 0.25) is 0 Å². The number of carbonyl (C=O) groups is 5. The molecule has 0 spiro atoms. The maximum Gasteiger partial charge on any atom is 0.472 e. The van der Waals surface area contributed by atoms with Crippen LogP contribution in [-0.2, 0) is 44.1 Å². The molecule has 2 heterocycles. The molecule has 2 aliphatic rings. The van der Waals surface area contributed by atoms with Gasteiger partial charge in [-0.1, -0.05) is 0 Å². The number of hydrogen-bond donors (Lipinski definition) is 11. The zero-order valence-electron chi connectivity index (χ0n) is 28.2. The number of benzene rings is 1. The number of aromatic amines is 2.